The van der Waals surface area contributed by atoms with Gasteiger partial charge in [0, 0.05) is 28.0 Å². The number of amides is 2. The van der Waals surface area contributed by atoms with Crippen molar-refractivity contribution in [2.75, 3.05) is 22.1 Å². The van der Waals surface area contributed by atoms with E-state index in [4.69, 9.17) is 11.6 Å². The fourth-order valence-corrected chi connectivity index (χ4v) is 5.05. The zero-order valence-electron chi connectivity index (χ0n) is 15.4. The standard InChI is InChI=1S/C19H18ClFN2O4S2/c1-11-10-28-17-5-3-13(9-16(17)23-19(11)25)29(26,27)7-6-18(24)22-15-4-2-12(20)8-14(15)21/h2-5,8-9,11H,6-7,10H2,1H3,(H,22,24)(H,23,25). The quantitative estimate of drug-likeness (QED) is 0.710. The molecule has 2 aromatic rings. The van der Waals surface area contributed by atoms with Gasteiger partial charge in [-0.15, -0.1) is 11.8 Å². The summed E-state index contributed by atoms with van der Waals surface area (Å²) in [6, 6.07) is 8.29. The van der Waals surface area contributed by atoms with Crippen LogP contribution in [0.3, 0.4) is 0 Å². The van der Waals surface area contributed by atoms with Crippen molar-refractivity contribution in [1.82, 2.24) is 0 Å². The maximum Gasteiger partial charge on any atom is 0.228 e. The molecule has 1 aliphatic heterocycles. The molecule has 0 bridgehead atoms. The molecule has 1 heterocycles. The van der Waals surface area contributed by atoms with Gasteiger partial charge in [-0.1, -0.05) is 18.5 Å². The van der Waals surface area contributed by atoms with Crippen LogP contribution in [0.2, 0.25) is 5.02 Å². The molecule has 1 unspecified atom stereocenters. The molecule has 0 fully saturated rings. The van der Waals surface area contributed by atoms with Crippen molar-refractivity contribution in [2.45, 2.75) is 23.1 Å². The van der Waals surface area contributed by atoms with Crippen molar-refractivity contribution in [3.05, 3.63) is 47.2 Å². The first-order valence-electron chi connectivity index (χ1n) is 8.71. The lowest BCUT2D eigenvalue weighted by molar-refractivity contribution is -0.118. The van der Waals surface area contributed by atoms with E-state index < -0.39 is 27.3 Å². The predicted octanol–water partition coefficient (Wildman–Crippen LogP) is 3.96. The van der Waals surface area contributed by atoms with Gasteiger partial charge in [-0.05, 0) is 36.4 Å². The molecule has 3 rings (SSSR count). The summed E-state index contributed by atoms with van der Waals surface area (Å²) in [5.74, 6) is -1.56. The Labute approximate surface area is 177 Å². The van der Waals surface area contributed by atoms with Gasteiger partial charge in [0.25, 0.3) is 0 Å². The monoisotopic (exact) mass is 456 g/mol. The zero-order chi connectivity index (χ0) is 21.2. The van der Waals surface area contributed by atoms with E-state index in [1.54, 1.807) is 13.0 Å². The largest absolute Gasteiger partial charge is 0.325 e. The number of thioether (sulfide) groups is 1. The molecule has 29 heavy (non-hydrogen) atoms. The van der Waals surface area contributed by atoms with Crippen LogP contribution >= 0.6 is 23.4 Å². The highest BCUT2D eigenvalue weighted by molar-refractivity contribution is 7.99. The van der Waals surface area contributed by atoms with E-state index in [0.717, 1.165) is 11.0 Å². The van der Waals surface area contributed by atoms with E-state index >= 15 is 0 Å². The van der Waals surface area contributed by atoms with E-state index in [-0.39, 0.29) is 33.9 Å². The number of halogens is 2. The Bertz CT molecular complexity index is 1080. The lowest BCUT2D eigenvalue weighted by Gasteiger charge is -2.10. The number of sulfone groups is 1. The Balaban J connectivity index is 1.69. The number of carbonyl (C=O) groups excluding carboxylic acids is 2. The predicted molar refractivity (Wildman–Crippen MR) is 112 cm³/mol. The molecular weight excluding hydrogens is 439 g/mol. The highest BCUT2D eigenvalue weighted by Gasteiger charge is 2.23. The molecule has 0 aromatic heterocycles. The Hall–Kier alpha value is -2.10. The first-order valence-corrected chi connectivity index (χ1v) is 11.7. The highest BCUT2D eigenvalue weighted by Crippen LogP contribution is 2.34. The number of hydrogen-bond acceptors (Lipinski definition) is 5. The van der Waals surface area contributed by atoms with Crippen LogP contribution < -0.4 is 10.6 Å². The molecule has 2 N–H and O–H groups in total. The van der Waals surface area contributed by atoms with E-state index in [1.807, 2.05) is 0 Å². The number of nitrogens with one attached hydrogen (secondary N) is 2. The number of hydrogen-bond donors (Lipinski definition) is 2. The topological polar surface area (TPSA) is 92.3 Å². The van der Waals surface area contributed by atoms with Crippen LogP contribution in [0.5, 0.6) is 0 Å². The second kappa shape index (κ2) is 8.73. The van der Waals surface area contributed by atoms with Gasteiger partial charge in [0.1, 0.15) is 5.82 Å². The SMILES string of the molecule is CC1CSc2ccc(S(=O)(=O)CCC(=O)Nc3ccc(Cl)cc3F)cc2NC1=O. The number of benzene rings is 2. The van der Waals surface area contributed by atoms with Crippen molar-refractivity contribution in [3.63, 3.8) is 0 Å². The van der Waals surface area contributed by atoms with Gasteiger partial charge in [0.2, 0.25) is 11.8 Å². The van der Waals surface area contributed by atoms with Crippen molar-refractivity contribution >= 4 is 56.4 Å². The average Bonchev–Trinajstić information content (AvgIpc) is 2.80. The molecule has 1 aliphatic rings. The summed E-state index contributed by atoms with van der Waals surface area (Å²) in [6.45, 7) is 1.80. The molecule has 0 spiro atoms. The summed E-state index contributed by atoms with van der Waals surface area (Å²) in [7, 11) is -3.78. The minimum Gasteiger partial charge on any atom is -0.325 e. The van der Waals surface area contributed by atoms with Gasteiger partial charge in [0.05, 0.1) is 22.0 Å². The first-order chi connectivity index (χ1) is 13.7. The van der Waals surface area contributed by atoms with E-state index in [1.165, 1.54) is 36.0 Å². The summed E-state index contributed by atoms with van der Waals surface area (Å²) < 4.78 is 39.0. The van der Waals surface area contributed by atoms with Gasteiger partial charge in [-0.25, -0.2) is 12.8 Å². The van der Waals surface area contributed by atoms with Gasteiger partial charge in [-0.2, -0.15) is 0 Å². The van der Waals surface area contributed by atoms with Crippen LogP contribution in [0.15, 0.2) is 46.2 Å². The molecule has 0 saturated heterocycles. The molecule has 0 saturated carbocycles. The maximum atomic E-state index is 13.7. The third kappa shape index (κ3) is 5.29. The molecule has 0 aliphatic carbocycles. The Morgan fingerprint density at radius 1 is 1.31 bits per heavy atom. The number of rotatable bonds is 5. The molecule has 0 radical (unpaired) electrons. The second-order valence-electron chi connectivity index (χ2n) is 6.60. The van der Waals surface area contributed by atoms with Crippen LogP contribution in [0.25, 0.3) is 0 Å². The molecule has 1 atom stereocenters. The van der Waals surface area contributed by atoms with Gasteiger partial charge < -0.3 is 10.6 Å². The van der Waals surface area contributed by atoms with Gasteiger partial charge >= 0.3 is 0 Å². The summed E-state index contributed by atoms with van der Waals surface area (Å²) in [4.78, 5) is 24.9. The Morgan fingerprint density at radius 3 is 2.79 bits per heavy atom. The molecule has 2 aromatic carbocycles. The minimum absolute atomic E-state index is 0.0113. The first kappa shape index (κ1) is 21.6. The summed E-state index contributed by atoms with van der Waals surface area (Å²) >= 11 is 7.14. The molecule has 154 valence electrons. The number of anilines is 2. The highest BCUT2D eigenvalue weighted by atomic mass is 35.5. The van der Waals surface area contributed by atoms with Crippen LogP contribution in [-0.4, -0.2) is 31.7 Å². The smallest absolute Gasteiger partial charge is 0.228 e. The fraction of sp³-hybridized carbons (Fsp3) is 0.263. The Morgan fingerprint density at radius 2 is 2.07 bits per heavy atom. The van der Waals surface area contributed by atoms with Crippen LogP contribution in [0.4, 0.5) is 15.8 Å². The van der Waals surface area contributed by atoms with E-state index in [0.29, 0.717) is 11.4 Å². The lowest BCUT2D eigenvalue weighted by atomic mass is 10.2. The third-order valence-electron chi connectivity index (χ3n) is 4.31. The third-order valence-corrected chi connectivity index (χ3v) is 7.59. The molecular formula is C19H18ClFN2O4S2. The maximum absolute atomic E-state index is 13.7. The molecule has 2 amide bonds. The van der Waals surface area contributed by atoms with E-state index in [9.17, 15) is 22.4 Å². The van der Waals surface area contributed by atoms with Crippen molar-refractivity contribution in [1.29, 1.82) is 0 Å². The lowest BCUT2D eigenvalue weighted by Crippen LogP contribution is -2.20. The van der Waals surface area contributed by atoms with E-state index in [2.05, 4.69) is 10.6 Å². The number of carbonyl (C=O) groups is 2. The Kier molecular flexibility index (Phi) is 6.50. The van der Waals surface area contributed by atoms with Crippen molar-refractivity contribution in [3.8, 4) is 0 Å². The van der Waals surface area contributed by atoms with Crippen molar-refractivity contribution in [2.24, 2.45) is 5.92 Å². The van der Waals surface area contributed by atoms with Crippen LogP contribution in [-0.2, 0) is 19.4 Å². The fourth-order valence-electron chi connectivity index (χ4n) is 2.62. The zero-order valence-corrected chi connectivity index (χ0v) is 17.8. The van der Waals surface area contributed by atoms with Crippen LogP contribution in [0.1, 0.15) is 13.3 Å². The average molecular weight is 457 g/mol. The number of fused-ring (bicyclic) bond motifs is 1. The second-order valence-corrected chi connectivity index (χ2v) is 10.2. The summed E-state index contributed by atoms with van der Waals surface area (Å²) in [6.07, 6.45) is -0.348. The summed E-state index contributed by atoms with van der Waals surface area (Å²) in [5, 5.41) is 5.26. The van der Waals surface area contributed by atoms with Crippen molar-refractivity contribution < 1.29 is 22.4 Å². The molecule has 10 heteroatoms. The summed E-state index contributed by atoms with van der Waals surface area (Å²) in [5.41, 5.74) is 0.369. The van der Waals surface area contributed by atoms with Gasteiger partial charge in [0.15, 0.2) is 9.84 Å². The normalized spacial score (nSPS) is 16.5. The van der Waals surface area contributed by atoms with Gasteiger partial charge in [-0.3, -0.25) is 9.59 Å². The minimum atomic E-state index is -3.78. The molecule has 6 nitrogen and oxygen atoms in total. The van der Waals surface area contributed by atoms with Crippen LogP contribution in [0, 0.1) is 11.7 Å².